The van der Waals surface area contributed by atoms with Crippen molar-refractivity contribution in [2.75, 3.05) is 25.9 Å². The van der Waals surface area contributed by atoms with Crippen LogP contribution in [0.5, 0.6) is 0 Å². The first-order chi connectivity index (χ1) is 16.4. The third-order valence-electron chi connectivity index (χ3n) is 7.83. The summed E-state index contributed by atoms with van der Waals surface area (Å²) in [6.45, 7) is 9.53. The van der Waals surface area contributed by atoms with E-state index in [-0.39, 0.29) is 17.5 Å². The minimum absolute atomic E-state index is 0.0326. The van der Waals surface area contributed by atoms with Crippen LogP contribution in [0.2, 0.25) is 0 Å². The zero-order valence-corrected chi connectivity index (χ0v) is 22.3. The van der Waals surface area contributed by atoms with Crippen molar-refractivity contribution in [3.63, 3.8) is 0 Å². The van der Waals surface area contributed by atoms with Gasteiger partial charge >= 0.3 is 0 Å². The lowest BCUT2D eigenvalue weighted by atomic mass is 9.82. The zero-order chi connectivity index (χ0) is 24.1. The Morgan fingerprint density at radius 2 is 1.59 bits per heavy atom. The molecule has 2 fully saturated rings. The molecular weight excluding hydrogens is 436 g/mol. The molecule has 184 valence electrons. The Kier molecular flexibility index (Phi) is 8.42. The van der Waals surface area contributed by atoms with Gasteiger partial charge in [-0.1, -0.05) is 82.5 Å². The lowest BCUT2D eigenvalue weighted by Gasteiger charge is -2.49. The van der Waals surface area contributed by atoms with Gasteiger partial charge in [0, 0.05) is 37.0 Å². The fraction of sp³-hybridized carbons (Fsp3) is 0.567. The Balaban J connectivity index is 1.58. The summed E-state index contributed by atoms with van der Waals surface area (Å²) >= 11 is 1.78. The molecule has 2 aromatic rings. The summed E-state index contributed by atoms with van der Waals surface area (Å²) in [7, 11) is 0. The van der Waals surface area contributed by atoms with Gasteiger partial charge in [0.1, 0.15) is 0 Å². The van der Waals surface area contributed by atoms with Gasteiger partial charge in [-0.15, -0.1) is 11.8 Å². The zero-order valence-electron chi connectivity index (χ0n) is 21.5. The fourth-order valence-corrected chi connectivity index (χ4v) is 6.28. The molecule has 0 N–H and O–H groups in total. The van der Waals surface area contributed by atoms with Crippen molar-refractivity contribution in [1.29, 1.82) is 0 Å². The van der Waals surface area contributed by atoms with Crippen molar-refractivity contribution < 1.29 is 4.79 Å². The van der Waals surface area contributed by atoms with Crippen molar-refractivity contribution in [3.8, 4) is 0 Å². The van der Waals surface area contributed by atoms with Gasteiger partial charge in [-0.25, -0.2) is 0 Å². The van der Waals surface area contributed by atoms with Crippen molar-refractivity contribution in [3.05, 3.63) is 65.7 Å². The molecule has 4 heteroatoms. The van der Waals surface area contributed by atoms with E-state index in [1.807, 2.05) is 0 Å². The molecule has 1 aliphatic carbocycles. The second-order valence-electron chi connectivity index (χ2n) is 11.3. The summed E-state index contributed by atoms with van der Waals surface area (Å²) in [5.74, 6) is 0.971. The Morgan fingerprint density at radius 3 is 2.21 bits per heavy atom. The molecule has 1 unspecified atom stereocenters. The van der Waals surface area contributed by atoms with Crippen LogP contribution >= 0.6 is 11.8 Å². The van der Waals surface area contributed by atoms with Gasteiger partial charge in [0.15, 0.2) is 0 Å². The minimum Gasteiger partial charge on any atom is -0.337 e. The topological polar surface area (TPSA) is 23.6 Å². The SMILES string of the molecule is CSc1ccc(C(c2ccccc2)N2CCN(C(=O)CC3CCCCC3)[C@@H](C(C)(C)C)C2)cc1. The number of hydrogen-bond donors (Lipinski definition) is 0. The van der Waals surface area contributed by atoms with Gasteiger partial charge in [0.2, 0.25) is 5.91 Å². The Hall–Kier alpha value is -1.78. The molecule has 1 heterocycles. The molecule has 3 nitrogen and oxygen atoms in total. The van der Waals surface area contributed by atoms with E-state index in [1.54, 1.807) is 11.8 Å². The average molecular weight is 479 g/mol. The number of amides is 1. The lowest BCUT2D eigenvalue weighted by Crippen LogP contribution is -2.60. The van der Waals surface area contributed by atoms with Crippen LogP contribution in [0.25, 0.3) is 0 Å². The molecule has 2 aromatic carbocycles. The maximum Gasteiger partial charge on any atom is 0.223 e. The number of hydrogen-bond acceptors (Lipinski definition) is 3. The second-order valence-corrected chi connectivity index (χ2v) is 12.1. The number of nitrogens with zero attached hydrogens (tertiary/aromatic N) is 2. The highest BCUT2D eigenvalue weighted by molar-refractivity contribution is 7.98. The molecule has 1 aliphatic heterocycles. The van der Waals surface area contributed by atoms with E-state index < -0.39 is 0 Å². The summed E-state index contributed by atoms with van der Waals surface area (Å²) in [6.07, 6.45) is 9.26. The van der Waals surface area contributed by atoms with E-state index in [4.69, 9.17) is 0 Å². The summed E-state index contributed by atoms with van der Waals surface area (Å²) in [5, 5.41) is 0. The van der Waals surface area contributed by atoms with Gasteiger partial charge < -0.3 is 4.90 Å². The van der Waals surface area contributed by atoms with Gasteiger partial charge in [0.25, 0.3) is 0 Å². The number of benzene rings is 2. The predicted octanol–water partition coefficient (Wildman–Crippen LogP) is 7.03. The molecule has 4 rings (SSSR count). The average Bonchev–Trinajstić information content (AvgIpc) is 2.85. The molecule has 1 saturated heterocycles. The van der Waals surface area contributed by atoms with E-state index in [2.05, 4.69) is 91.4 Å². The summed E-state index contributed by atoms with van der Waals surface area (Å²) in [6, 6.07) is 20.4. The summed E-state index contributed by atoms with van der Waals surface area (Å²) in [4.78, 5) is 19.7. The van der Waals surface area contributed by atoms with Crippen LogP contribution in [0, 0.1) is 11.3 Å². The van der Waals surface area contributed by atoms with E-state index in [1.165, 1.54) is 48.1 Å². The molecule has 34 heavy (non-hydrogen) atoms. The third-order valence-corrected chi connectivity index (χ3v) is 8.58. The van der Waals surface area contributed by atoms with Crippen LogP contribution in [-0.2, 0) is 4.79 Å². The van der Waals surface area contributed by atoms with Gasteiger partial charge in [-0.05, 0) is 53.7 Å². The molecule has 0 radical (unpaired) electrons. The lowest BCUT2D eigenvalue weighted by molar-refractivity contribution is -0.141. The Morgan fingerprint density at radius 1 is 0.941 bits per heavy atom. The minimum atomic E-state index is 0.0326. The highest BCUT2D eigenvalue weighted by atomic mass is 32.2. The van der Waals surface area contributed by atoms with Crippen LogP contribution in [0.1, 0.15) is 76.5 Å². The van der Waals surface area contributed by atoms with Crippen molar-refractivity contribution >= 4 is 17.7 Å². The predicted molar refractivity (Wildman–Crippen MR) is 144 cm³/mol. The van der Waals surface area contributed by atoms with E-state index in [9.17, 15) is 4.79 Å². The largest absolute Gasteiger partial charge is 0.337 e. The first-order valence-electron chi connectivity index (χ1n) is 13.1. The first-order valence-corrected chi connectivity index (χ1v) is 14.3. The highest BCUT2D eigenvalue weighted by Crippen LogP contribution is 2.36. The van der Waals surface area contributed by atoms with Crippen molar-refractivity contribution in [2.45, 2.75) is 76.3 Å². The first kappa shape index (κ1) is 25.3. The molecular formula is C30H42N2OS. The van der Waals surface area contributed by atoms with Crippen LogP contribution in [0.3, 0.4) is 0 Å². The second kappa shape index (κ2) is 11.3. The third kappa shape index (κ3) is 6.07. The van der Waals surface area contributed by atoms with Crippen LogP contribution in [0.4, 0.5) is 0 Å². The fourth-order valence-electron chi connectivity index (χ4n) is 5.87. The van der Waals surface area contributed by atoms with Gasteiger partial charge in [0.05, 0.1) is 6.04 Å². The normalized spacial score (nSPS) is 21.4. The summed E-state index contributed by atoms with van der Waals surface area (Å²) < 4.78 is 0. The Labute approximate surface area is 211 Å². The molecule has 1 saturated carbocycles. The Bertz CT molecular complexity index is 915. The van der Waals surface area contributed by atoms with Crippen LogP contribution in [-0.4, -0.2) is 47.6 Å². The molecule has 2 atom stereocenters. The van der Waals surface area contributed by atoms with Crippen LogP contribution in [0.15, 0.2) is 59.5 Å². The summed E-state index contributed by atoms with van der Waals surface area (Å²) in [5.41, 5.74) is 2.69. The maximum absolute atomic E-state index is 13.5. The molecule has 0 bridgehead atoms. The molecule has 0 spiro atoms. The number of thioether (sulfide) groups is 1. The standard InChI is InChI=1S/C30H42N2OS/c1-30(2,3)27-22-31(19-20-32(27)28(33)21-23-11-7-5-8-12-23)29(24-13-9-6-10-14-24)25-15-17-26(34-4)18-16-25/h6,9-10,13-18,23,27,29H,5,7-8,11-12,19-22H2,1-4H3/t27-,29?/m1/s1. The molecule has 1 amide bonds. The quantitative estimate of drug-likeness (QED) is 0.417. The monoisotopic (exact) mass is 478 g/mol. The maximum atomic E-state index is 13.5. The van der Waals surface area contributed by atoms with Gasteiger partial charge in [-0.2, -0.15) is 0 Å². The number of rotatable bonds is 6. The van der Waals surface area contributed by atoms with E-state index in [0.29, 0.717) is 11.8 Å². The number of piperazine rings is 1. The number of carbonyl (C=O) groups is 1. The van der Waals surface area contributed by atoms with Crippen molar-refractivity contribution in [1.82, 2.24) is 9.80 Å². The van der Waals surface area contributed by atoms with E-state index >= 15 is 0 Å². The molecule has 0 aromatic heterocycles. The highest BCUT2D eigenvalue weighted by Gasteiger charge is 2.40. The van der Waals surface area contributed by atoms with Gasteiger partial charge in [-0.3, -0.25) is 9.69 Å². The van der Waals surface area contributed by atoms with Crippen LogP contribution < -0.4 is 0 Å². The number of carbonyl (C=O) groups excluding carboxylic acids is 1. The van der Waals surface area contributed by atoms with E-state index in [0.717, 1.165) is 26.1 Å². The van der Waals surface area contributed by atoms with Crippen molar-refractivity contribution in [2.24, 2.45) is 11.3 Å². The molecule has 2 aliphatic rings. The smallest absolute Gasteiger partial charge is 0.223 e.